The average molecular weight is 391 g/mol. The minimum atomic E-state index is -0.229. The molecule has 0 aromatic heterocycles. The number of para-hydroxylation sites is 1. The molecule has 25 heavy (non-hydrogen) atoms. The van der Waals surface area contributed by atoms with Gasteiger partial charge in [0, 0.05) is 31.2 Å². The standard InChI is InChI=1S/C17H26N4O2.2ClH/c1-12(9-18)17(23)20-15-7-3-2-5-13(15)10-21-8-4-6-14(11-21)16(19)22;;/h2-3,5,7,12,14H,4,6,8-11,18H2,1H3,(H2,19,22)(H,20,23);2*1H. The van der Waals surface area contributed by atoms with E-state index in [9.17, 15) is 9.59 Å². The van der Waals surface area contributed by atoms with Gasteiger partial charge in [0.1, 0.15) is 0 Å². The van der Waals surface area contributed by atoms with Crippen LogP contribution in [-0.4, -0.2) is 36.3 Å². The van der Waals surface area contributed by atoms with Gasteiger partial charge in [-0.15, -0.1) is 24.8 Å². The molecule has 5 N–H and O–H groups in total. The molecule has 1 aromatic carbocycles. The van der Waals surface area contributed by atoms with Crippen LogP contribution in [0.3, 0.4) is 0 Å². The summed E-state index contributed by atoms with van der Waals surface area (Å²) in [6.45, 7) is 4.43. The highest BCUT2D eigenvalue weighted by atomic mass is 35.5. The highest BCUT2D eigenvalue weighted by Gasteiger charge is 2.24. The van der Waals surface area contributed by atoms with Crippen LogP contribution in [0.1, 0.15) is 25.3 Å². The minimum absolute atomic E-state index is 0. The van der Waals surface area contributed by atoms with Gasteiger partial charge in [-0.05, 0) is 31.0 Å². The molecule has 1 aliphatic rings. The summed E-state index contributed by atoms with van der Waals surface area (Å²) in [6.07, 6.45) is 1.82. The number of nitrogens with zero attached hydrogens (tertiary/aromatic N) is 1. The first-order valence-electron chi connectivity index (χ1n) is 8.11. The molecule has 1 aromatic rings. The van der Waals surface area contributed by atoms with Gasteiger partial charge in [0.05, 0.1) is 5.92 Å². The topological polar surface area (TPSA) is 101 Å². The smallest absolute Gasteiger partial charge is 0.228 e. The second-order valence-corrected chi connectivity index (χ2v) is 6.26. The lowest BCUT2D eigenvalue weighted by Gasteiger charge is -2.31. The fraction of sp³-hybridized carbons (Fsp3) is 0.529. The van der Waals surface area contributed by atoms with Crippen LogP contribution in [0.5, 0.6) is 0 Å². The molecule has 2 amide bonds. The zero-order valence-electron chi connectivity index (χ0n) is 14.4. The van der Waals surface area contributed by atoms with Crippen molar-refractivity contribution in [2.75, 3.05) is 25.0 Å². The van der Waals surface area contributed by atoms with Gasteiger partial charge in [-0.3, -0.25) is 14.5 Å². The molecule has 1 saturated heterocycles. The van der Waals surface area contributed by atoms with Crippen molar-refractivity contribution in [3.05, 3.63) is 29.8 Å². The molecule has 6 nitrogen and oxygen atoms in total. The Morgan fingerprint density at radius 2 is 2.00 bits per heavy atom. The number of nitrogens with two attached hydrogens (primary N) is 2. The Kier molecular flexibility index (Phi) is 10.7. The van der Waals surface area contributed by atoms with Crippen molar-refractivity contribution < 1.29 is 9.59 Å². The van der Waals surface area contributed by atoms with Crippen LogP contribution < -0.4 is 16.8 Å². The van der Waals surface area contributed by atoms with Crippen LogP contribution in [0.4, 0.5) is 5.69 Å². The Morgan fingerprint density at radius 3 is 2.64 bits per heavy atom. The summed E-state index contributed by atoms with van der Waals surface area (Å²) in [5.41, 5.74) is 12.8. The average Bonchev–Trinajstić information content (AvgIpc) is 2.56. The molecule has 2 unspecified atom stereocenters. The summed E-state index contributed by atoms with van der Waals surface area (Å²) in [4.78, 5) is 25.7. The quantitative estimate of drug-likeness (QED) is 0.688. The monoisotopic (exact) mass is 390 g/mol. The number of piperidine rings is 1. The Bertz CT molecular complexity index is 571. The molecule has 2 rings (SSSR count). The van der Waals surface area contributed by atoms with E-state index in [4.69, 9.17) is 11.5 Å². The van der Waals surface area contributed by atoms with Gasteiger partial charge in [-0.25, -0.2) is 0 Å². The van der Waals surface area contributed by atoms with Crippen LogP contribution >= 0.6 is 24.8 Å². The van der Waals surface area contributed by atoms with E-state index in [1.54, 1.807) is 6.92 Å². The largest absolute Gasteiger partial charge is 0.369 e. The molecule has 2 atom stereocenters. The van der Waals surface area contributed by atoms with Crippen LogP contribution in [0.15, 0.2) is 24.3 Å². The highest BCUT2D eigenvalue weighted by Crippen LogP contribution is 2.22. The predicted octanol–water partition coefficient (Wildman–Crippen LogP) is 1.76. The summed E-state index contributed by atoms with van der Waals surface area (Å²) in [5.74, 6) is -0.610. The number of halogens is 2. The Morgan fingerprint density at radius 1 is 1.32 bits per heavy atom. The minimum Gasteiger partial charge on any atom is -0.369 e. The maximum Gasteiger partial charge on any atom is 0.228 e. The summed E-state index contributed by atoms with van der Waals surface area (Å²) >= 11 is 0. The van der Waals surface area contributed by atoms with Crippen LogP contribution in [0.2, 0.25) is 0 Å². The summed E-state index contributed by atoms with van der Waals surface area (Å²) < 4.78 is 0. The number of anilines is 1. The van der Waals surface area contributed by atoms with E-state index in [0.29, 0.717) is 19.6 Å². The molecule has 0 saturated carbocycles. The van der Waals surface area contributed by atoms with E-state index in [2.05, 4.69) is 10.2 Å². The van der Waals surface area contributed by atoms with Gasteiger partial charge in [-0.1, -0.05) is 25.1 Å². The Hall–Kier alpha value is -1.34. The number of likely N-dealkylation sites (tertiary alicyclic amines) is 1. The Labute approximate surface area is 161 Å². The van der Waals surface area contributed by atoms with E-state index in [0.717, 1.165) is 30.6 Å². The van der Waals surface area contributed by atoms with Gasteiger partial charge in [0.25, 0.3) is 0 Å². The first-order chi connectivity index (χ1) is 11.0. The SMILES string of the molecule is CC(CN)C(=O)Nc1ccccc1CN1CCCC(C(N)=O)C1.Cl.Cl. The molecule has 0 bridgehead atoms. The van der Waals surface area contributed by atoms with E-state index >= 15 is 0 Å². The normalized spacial score (nSPS) is 18.4. The number of amides is 2. The zero-order valence-corrected chi connectivity index (χ0v) is 16.1. The number of hydrogen-bond donors (Lipinski definition) is 3. The first-order valence-corrected chi connectivity index (χ1v) is 8.11. The second-order valence-electron chi connectivity index (χ2n) is 6.26. The maximum atomic E-state index is 12.1. The number of nitrogens with one attached hydrogen (secondary N) is 1. The lowest BCUT2D eigenvalue weighted by molar-refractivity contribution is -0.123. The lowest BCUT2D eigenvalue weighted by Crippen LogP contribution is -2.40. The summed E-state index contributed by atoms with van der Waals surface area (Å²) in [5, 5.41) is 2.95. The molecule has 0 radical (unpaired) electrons. The fourth-order valence-corrected chi connectivity index (χ4v) is 2.82. The van der Waals surface area contributed by atoms with Crippen molar-refractivity contribution in [2.24, 2.45) is 23.3 Å². The van der Waals surface area contributed by atoms with Gasteiger partial charge in [0.15, 0.2) is 0 Å². The summed E-state index contributed by atoms with van der Waals surface area (Å²) in [7, 11) is 0. The molecule has 0 aliphatic carbocycles. The second kappa shape index (κ2) is 11.3. The van der Waals surface area contributed by atoms with Gasteiger partial charge in [0.2, 0.25) is 11.8 Å². The molecular formula is C17H28Cl2N4O2. The third-order valence-electron chi connectivity index (χ3n) is 4.38. The van der Waals surface area contributed by atoms with Crippen LogP contribution in [0, 0.1) is 11.8 Å². The number of carbonyl (C=O) groups is 2. The zero-order chi connectivity index (χ0) is 16.8. The third-order valence-corrected chi connectivity index (χ3v) is 4.38. The molecule has 1 aliphatic heterocycles. The van der Waals surface area contributed by atoms with Gasteiger partial charge < -0.3 is 16.8 Å². The molecule has 1 fully saturated rings. The lowest BCUT2D eigenvalue weighted by atomic mass is 9.97. The van der Waals surface area contributed by atoms with Crippen molar-refractivity contribution >= 4 is 42.3 Å². The first kappa shape index (κ1) is 23.7. The van der Waals surface area contributed by atoms with E-state index < -0.39 is 0 Å². The number of carbonyl (C=O) groups excluding carboxylic acids is 2. The van der Waals surface area contributed by atoms with Crippen molar-refractivity contribution in [1.82, 2.24) is 4.90 Å². The molecular weight excluding hydrogens is 363 g/mol. The highest BCUT2D eigenvalue weighted by molar-refractivity contribution is 5.93. The fourth-order valence-electron chi connectivity index (χ4n) is 2.82. The van der Waals surface area contributed by atoms with Crippen LogP contribution in [-0.2, 0) is 16.1 Å². The van der Waals surface area contributed by atoms with Crippen LogP contribution in [0.25, 0.3) is 0 Å². The van der Waals surface area contributed by atoms with E-state index in [-0.39, 0.29) is 48.5 Å². The third kappa shape index (κ3) is 6.82. The van der Waals surface area contributed by atoms with Crippen molar-refractivity contribution in [2.45, 2.75) is 26.3 Å². The Balaban J connectivity index is 0.00000288. The van der Waals surface area contributed by atoms with Crippen molar-refractivity contribution in [3.8, 4) is 0 Å². The van der Waals surface area contributed by atoms with Gasteiger partial charge in [-0.2, -0.15) is 0 Å². The summed E-state index contributed by atoms with van der Waals surface area (Å²) in [6, 6.07) is 7.74. The van der Waals surface area contributed by atoms with E-state index in [1.807, 2.05) is 24.3 Å². The molecule has 8 heteroatoms. The van der Waals surface area contributed by atoms with Gasteiger partial charge >= 0.3 is 0 Å². The molecule has 0 spiro atoms. The molecule has 1 heterocycles. The number of rotatable bonds is 6. The number of primary amides is 1. The molecule has 142 valence electrons. The predicted molar refractivity (Wildman–Crippen MR) is 105 cm³/mol. The number of hydrogen-bond acceptors (Lipinski definition) is 4. The van der Waals surface area contributed by atoms with Crippen molar-refractivity contribution in [3.63, 3.8) is 0 Å². The van der Waals surface area contributed by atoms with E-state index in [1.165, 1.54) is 0 Å². The van der Waals surface area contributed by atoms with Crippen molar-refractivity contribution in [1.29, 1.82) is 0 Å². The number of benzene rings is 1. The maximum absolute atomic E-state index is 12.1.